The van der Waals surface area contributed by atoms with Gasteiger partial charge in [-0.3, -0.25) is 0 Å². The minimum atomic E-state index is -3.86. The van der Waals surface area contributed by atoms with Gasteiger partial charge in [-0.1, -0.05) is 29.8 Å². The average Bonchev–Trinajstić information content (AvgIpc) is 2.31. The molecule has 0 radical (unpaired) electrons. The van der Waals surface area contributed by atoms with E-state index in [1.807, 2.05) is 6.92 Å². The highest BCUT2D eigenvalue weighted by Gasteiger charge is 2.20. The SMILES string of the molecule is Cc1ccc(S(=O)(=O)Oc2ccccc2N)c(C)c1. The first-order chi connectivity index (χ1) is 8.90. The molecule has 2 N–H and O–H groups in total. The van der Waals surface area contributed by atoms with Crippen molar-refractivity contribution in [1.82, 2.24) is 0 Å². The summed E-state index contributed by atoms with van der Waals surface area (Å²) in [5.41, 5.74) is 7.61. The second kappa shape index (κ2) is 4.93. The van der Waals surface area contributed by atoms with Crippen LogP contribution >= 0.6 is 0 Å². The van der Waals surface area contributed by atoms with Gasteiger partial charge in [0, 0.05) is 0 Å². The maximum Gasteiger partial charge on any atom is 0.339 e. The number of benzene rings is 2. The minimum absolute atomic E-state index is 0.141. The second-order valence-corrected chi connectivity index (χ2v) is 5.86. The third kappa shape index (κ3) is 2.88. The van der Waals surface area contributed by atoms with E-state index in [1.54, 1.807) is 43.3 Å². The van der Waals surface area contributed by atoms with Crippen LogP contribution in [-0.4, -0.2) is 8.42 Å². The summed E-state index contributed by atoms with van der Waals surface area (Å²) in [4.78, 5) is 0.154. The molecule has 2 aromatic carbocycles. The minimum Gasteiger partial charge on any atom is -0.396 e. The van der Waals surface area contributed by atoms with Crippen LogP contribution < -0.4 is 9.92 Å². The lowest BCUT2D eigenvalue weighted by Crippen LogP contribution is -2.12. The van der Waals surface area contributed by atoms with Crippen LogP contribution in [0.1, 0.15) is 11.1 Å². The van der Waals surface area contributed by atoms with Gasteiger partial charge in [-0.2, -0.15) is 8.42 Å². The Hall–Kier alpha value is -2.01. The molecule has 19 heavy (non-hydrogen) atoms. The maximum absolute atomic E-state index is 12.2. The van der Waals surface area contributed by atoms with E-state index in [2.05, 4.69) is 0 Å². The van der Waals surface area contributed by atoms with E-state index in [1.165, 1.54) is 6.07 Å². The molecular weight excluding hydrogens is 262 g/mol. The van der Waals surface area contributed by atoms with Crippen molar-refractivity contribution in [2.24, 2.45) is 0 Å². The summed E-state index contributed by atoms with van der Waals surface area (Å²) in [6, 6.07) is 11.6. The molecule has 0 heterocycles. The molecule has 2 rings (SSSR count). The lowest BCUT2D eigenvalue weighted by molar-refractivity contribution is 0.486. The Morgan fingerprint density at radius 2 is 1.74 bits per heavy atom. The van der Waals surface area contributed by atoms with Gasteiger partial charge in [0.25, 0.3) is 0 Å². The van der Waals surface area contributed by atoms with Gasteiger partial charge in [0.05, 0.1) is 5.69 Å². The molecule has 0 amide bonds. The molecule has 0 aliphatic carbocycles. The largest absolute Gasteiger partial charge is 0.396 e. The van der Waals surface area contributed by atoms with Crippen molar-refractivity contribution in [3.63, 3.8) is 0 Å². The van der Waals surface area contributed by atoms with Gasteiger partial charge < -0.3 is 9.92 Å². The van der Waals surface area contributed by atoms with Crippen molar-refractivity contribution >= 4 is 15.8 Å². The predicted octanol–water partition coefficient (Wildman–Crippen LogP) is 2.65. The first kappa shape index (κ1) is 13.4. The van der Waals surface area contributed by atoms with E-state index in [9.17, 15) is 8.42 Å². The van der Waals surface area contributed by atoms with E-state index in [0.29, 0.717) is 5.56 Å². The van der Waals surface area contributed by atoms with Gasteiger partial charge >= 0.3 is 10.1 Å². The Kier molecular flexibility index (Phi) is 3.48. The van der Waals surface area contributed by atoms with Crippen molar-refractivity contribution < 1.29 is 12.6 Å². The summed E-state index contributed by atoms with van der Waals surface area (Å²) in [6.45, 7) is 3.64. The molecular formula is C14H15NO3S. The second-order valence-electron chi connectivity index (χ2n) is 4.34. The number of hydrogen-bond acceptors (Lipinski definition) is 4. The molecule has 0 aliphatic heterocycles. The van der Waals surface area contributed by atoms with Gasteiger partial charge in [0.1, 0.15) is 4.90 Å². The molecule has 0 aliphatic rings. The average molecular weight is 277 g/mol. The molecule has 2 aromatic rings. The van der Waals surface area contributed by atoms with Crippen LogP contribution in [0.4, 0.5) is 5.69 Å². The molecule has 0 bridgehead atoms. The number of nitrogens with two attached hydrogens (primary N) is 1. The Bertz CT molecular complexity index is 708. The molecule has 0 saturated carbocycles. The van der Waals surface area contributed by atoms with Crippen LogP contribution in [0.2, 0.25) is 0 Å². The Morgan fingerprint density at radius 3 is 2.37 bits per heavy atom. The summed E-state index contributed by atoms with van der Waals surface area (Å²) in [5, 5.41) is 0. The highest BCUT2D eigenvalue weighted by Crippen LogP contribution is 2.26. The van der Waals surface area contributed by atoms with Crippen LogP contribution in [0.25, 0.3) is 0 Å². The van der Waals surface area contributed by atoms with E-state index in [0.717, 1.165) is 5.56 Å². The lowest BCUT2D eigenvalue weighted by atomic mass is 10.2. The molecule has 0 aromatic heterocycles. The zero-order valence-corrected chi connectivity index (χ0v) is 11.6. The van der Waals surface area contributed by atoms with Crippen molar-refractivity contribution in [2.75, 3.05) is 5.73 Å². The van der Waals surface area contributed by atoms with E-state index in [4.69, 9.17) is 9.92 Å². The van der Waals surface area contributed by atoms with Gasteiger partial charge in [0.2, 0.25) is 0 Å². The van der Waals surface area contributed by atoms with Gasteiger partial charge in [0.15, 0.2) is 5.75 Å². The zero-order chi connectivity index (χ0) is 14.0. The Balaban J connectivity index is 2.41. The third-order valence-electron chi connectivity index (χ3n) is 2.72. The third-order valence-corrected chi connectivity index (χ3v) is 4.11. The van der Waals surface area contributed by atoms with Crippen molar-refractivity contribution in [2.45, 2.75) is 18.7 Å². The molecule has 5 heteroatoms. The van der Waals surface area contributed by atoms with Crippen molar-refractivity contribution in [3.8, 4) is 5.75 Å². The first-order valence-electron chi connectivity index (χ1n) is 5.76. The normalized spacial score (nSPS) is 11.3. The van der Waals surface area contributed by atoms with Crippen molar-refractivity contribution in [3.05, 3.63) is 53.6 Å². The van der Waals surface area contributed by atoms with Crippen LogP contribution in [0.3, 0.4) is 0 Å². The summed E-state index contributed by atoms with van der Waals surface area (Å²) >= 11 is 0. The number of rotatable bonds is 3. The fourth-order valence-corrected chi connectivity index (χ4v) is 2.97. The molecule has 4 nitrogen and oxygen atoms in total. The quantitative estimate of drug-likeness (QED) is 0.691. The molecule has 0 atom stereocenters. The summed E-state index contributed by atoms with van der Waals surface area (Å²) < 4.78 is 29.5. The first-order valence-corrected chi connectivity index (χ1v) is 7.17. The highest BCUT2D eigenvalue weighted by atomic mass is 32.2. The fraction of sp³-hybridized carbons (Fsp3) is 0.143. The standard InChI is InChI=1S/C14H15NO3S/c1-10-7-8-14(11(2)9-10)19(16,17)18-13-6-4-3-5-12(13)15/h3-9H,15H2,1-2H3. The van der Waals surface area contributed by atoms with E-state index >= 15 is 0 Å². The number of para-hydroxylation sites is 2. The molecule has 0 unspecified atom stereocenters. The number of aryl methyl sites for hydroxylation is 2. The van der Waals surface area contributed by atoms with E-state index in [-0.39, 0.29) is 16.3 Å². The summed E-state index contributed by atoms with van der Waals surface area (Å²) in [6.07, 6.45) is 0. The van der Waals surface area contributed by atoms with Gasteiger partial charge in [-0.25, -0.2) is 0 Å². The highest BCUT2D eigenvalue weighted by molar-refractivity contribution is 7.87. The molecule has 100 valence electrons. The number of nitrogen functional groups attached to an aromatic ring is 1. The maximum atomic E-state index is 12.2. The molecule has 0 fully saturated rings. The smallest absolute Gasteiger partial charge is 0.339 e. The summed E-state index contributed by atoms with van der Waals surface area (Å²) in [7, 11) is -3.86. The predicted molar refractivity (Wildman–Crippen MR) is 74.6 cm³/mol. The van der Waals surface area contributed by atoms with Crippen LogP contribution in [0.5, 0.6) is 5.75 Å². The fourth-order valence-electron chi connectivity index (χ4n) is 1.80. The molecule has 0 spiro atoms. The molecule has 0 saturated heterocycles. The number of anilines is 1. The lowest BCUT2D eigenvalue weighted by Gasteiger charge is -2.11. The van der Waals surface area contributed by atoms with E-state index < -0.39 is 10.1 Å². The number of hydrogen-bond donors (Lipinski definition) is 1. The van der Waals surface area contributed by atoms with Crippen LogP contribution in [0.15, 0.2) is 47.4 Å². The van der Waals surface area contributed by atoms with Gasteiger partial charge in [-0.15, -0.1) is 0 Å². The van der Waals surface area contributed by atoms with Crippen LogP contribution in [-0.2, 0) is 10.1 Å². The zero-order valence-electron chi connectivity index (χ0n) is 10.8. The Morgan fingerprint density at radius 1 is 1.05 bits per heavy atom. The van der Waals surface area contributed by atoms with Crippen LogP contribution in [0, 0.1) is 13.8 Å². The topological polar surface area (TPSA) is 69.4 Å². The monoisotopic (exact) mass is 277 g/mol. The van der Waals surface area contributed by atoms with Crippen molar-refractivity contribution in [1.29, 1.82) is 0 Å². The Labute approximate surface area is 113 Å². The summed E-state index contributed by atoms with van der Waals surface area (Å²) in [5.74, 6) is 0.141. The van der Waals surface area contributed by atoms with Gasteiger partial charge in [-0.05, 0) is 37.6 Å².